The lowest BCUT2D eigenvalue weighted by Gasteiger charge is -2.26. The van der Waals surface area contributed by atoms with Crippen LogP contribution in [0, 0.1) is 82.9 Å². The van der Waals surface area contributed by atoms with Gasteiger partial charge < -0.3 is 27.1 Å². The van der Waals surface area contributed by atoms with Gasteiger partial charge in [-0.15, -0.1) is 0 Å². The molecule has 0 saturated heterocycles. The van der Waals surface area contributed by atoms with Crippen LogP contribution in [0.3, 0.4) is 0 Å². The van der Waals surface area contributed by atoms with E-state index < -0.39 is 15.1 Å². The molecule has 2 aliphatic carbocycles. The average Bonchev–Trinajstić information content (AvgIpc) is 1.71. The Morgan fingerprint density at radius 1 is 0.402 bits per heavy atom. The minimum Gasteiger partial charge on any atom is -0.358 e. The van der Waals surface area contributed by atoms with E-state index in [0.717, 1.165) is 114 Å². The van der Waals surface area contributed by atoms with E-state index >= 15 is 0 Å². The van der Waals surface area contributed by atoms with Crippen LogP contribution in [-0.4, -0.2) is 36.6 Å². The number of allylic oxidation sites excluding steroid dienone is 28. The van der Waals surface area contributed by atoms with Gasteiger partial charge in [-0.25, -0.2) is 0 Å². The molecule has 22 unspecified atom stereocenters. The second-order valence-electron chi connectivity index (χ2n) is 24.6. The molecule has 0 spiro atoms. The van der Waals surface area contributed by atoms with Crippen molar-refractivity contribution < 1.29 is 27.1 Å². The van der Waals surface area contributed by atoms with Crippen molar-refractivity contribution in [1.82, 2.24) is 0 Å². The molecular weight excluding hydrogens is 1480 g/mol. The number of hydrogen-bond acceptors (Lipinski definition) is 6. The molecule has 2 saturated carbocycles. The minimum absolute atomic E-state index is 0.0229. The predicted octanol–water partition coefficient (Wildman–Crippen LogP) is 28.0. The average molecular weight is 1610 g/mol. The molecule has 2 rings (SSSR count). The zero-order valence-corrected chi connectivity index (χ0v) is 76.9. The summed E-state index contributed by atoms with van der Waals surface area (Å²) < 4.78 is 34.3. The monoisotopic (exact) mass is 1610 g/mol. The Morgan fingerprint density at radius 2 is 0.716 bits per heavy atom. The molecule has 0 amide bonds. The van der Waals surface area contributed by atoms with Crippen molar-refractivity contribution in [3.05, 3.63) is 194 Å². The highest BCUT2D eigenvalue weighted by molar-refractivity contribution is 8.41. The highest BCUT2D eigenvalue weighted by atomic mass is 32.4. The Balaban J connectivity index is 0. The van der Waals surface area contributed by atoms with Crippen LogP contribution in [-0.2, 0) is 27.1 Å². The second kappa shape index (κ2) is 79.5. The molecule has 22 atom stereocenters. The fourth-order valence-electron chi connectivity index (χ4n) is 9.05. The predicted molar refractivity (Wildman–Crippen MR) is 494 cm³/mol. The first-order chi connectivity index (χ1) is 49.7. The van der Waals surface area contributed by atoms with Crippen LogP contribution in [0.5, 0.6) is 0 Å². The molecule has 0 bridgehead atoms. The third kappa shape index (κ3) is 69.5. The maximum Gasteiger partial charge on any atom is 0.107 e. The first-order valence-corrected chi connectivity index (χ1v) is 52.6. The molecule has 0 aromatic rings. The summed E-state index contributed by atoms with van der Waals surface area (Å²) in [5, 5.41) is 0. The quantitative estimate of drug-likeness (QED) is 0.0344. The van der Waals surface area contributed by atoms with Gasteiger partial charge in [-0.3, -0.25) is 0 Å². The van der Waals surface area contributed by atoms with Crippen molar-refractivity contribution >= 4 is 105 Å². The van der Waals surface area contributed by atoms with Crippen LogP contribution < -0.4 is 0 Å². The Kier molecular flexibility index (Phi) is 80.4. The van der Waals surface area contributed by atoms with Crippen molar-refractivity contribution in [2.24, 2.45) is 35.5 Å². The molecule has 0 heterocycles. The van der Waals surface area contributed by atoms with Crippen LogP contribution >= 0.6 is 105 Å². The zero-order chi connectivity index (χ0) is 75.6. The maximum absolute atomic E-state index is 6.08. The highest BCUT2D eigenvalue weighted by Crippen LogP contribution is 2.56. The third-order valence-electron chi connectivity index (χ3n) is 15.9. The van der Waals surface area contributed by atoms with Crippen LogP contribution in [0.25, 0.3) is 0 Å². The Morgan fingerprint density at radius 3 is 1.00 bits per heavy atom. The maximum atomic E-state index is 6.08. The summed E-state index contributed by atoms with van der Waals surface area (Å²) in [6.45, 7) is 21.9. The lowest BCUT2D eigenvalue weighted by atomic mass is 10.1. The van der Waals surface area contributed by atoms with Gasteiger partial charge >= 0.3 is 0 Å². The van der Waals surface area contributed by atoms with Gasteiger partial charge in [0, 0.05) is 61.6 Å². The summed E-state index contributed by atoms with van der Waals surface area (Å²) in [5.41, 5.74) is 0. The number of rotatable bonds is 48. The Labute approximate surface area is 651 Å². The highest BCUT2D eigenvalue weighted by Gasteiger charge is 2.34. The van der Waals surface area contributed by atoms with Gasteiger partial charge in [0.15, 0.2) is 0 Å². The molecule has 0 aromatic heterocycles. The van der Waals surface area contributed by atoms with Crippen molar-refractivity contribution in [2.75, 3.05) is 0 Å². The van der Waals surface area contributed by atoms with Crippen molar-refractivity contribution in [3.8, 4) is 47.4 Å². The van der Waals surface area contributed by atoms with E-state index in [1.54, 1.807) is 0 Å². The van der Waals surface area contributed by atoms with E-state index in [2.05, 4.69) is 298 Å². The lowest BCUT2D eigenvalue weighted by Crippen LogP contribution is -2.26. The van der Waals surface area contributed by atoms with Crippen molar-refractivity contribution in [3.63, 3.8) is 0 Å². The number of hydrogen-bond donors (Lipinski definition) is 0. The first kappa shape index (κ1) is 103. The Bertz CT molecular complexity index is 2600. The molecular formula is C84H136O6P12. The fourth-order valence-corrected chi connectivity index (χ4v) is 14.3. The van der Waals surface area contributed by atoms with Crippen LogP contribution in [0.15, 0.2) is 194 Å². The molecule has 568 valence electrons. The van der Waals surface area contributed by atoms with Crippen LogP contribution in [0.4, 0.5) is 0 Å². The minimum atomic E-state index is -0.569. The van der Waals surface area contributed by atoms with E-state index in [-0.39, 0.29) is 36.6 Å². The third-order valence-corrected chi connectivity index (χ3v) is 20.7. The van der Waals surface area contributed by atoms with E-state index in [1.807, 2.05) is 85.1 Å². The summed E-state index contributed by atoms with van der Waals surface area (Å²) in [6, 6.07) is 0. The van der Waals surface area contributed by atoms with E-state index in [1.165, 1.54) is 51.4 Å². The molecule has 0 radical (unpaired) electrons. The van der Waals surface area contributed by atoms with E-state index in [0.29, 0.717) is 28.8 Å². The Hall–Kier alpha value is -1.000. The molecule has 0 aromatic carbocycles. The normalized spacial score (nSPS) is 18.9. The summed E-state index contributed by atoms with van der Waals surface area (Å²) in [5.74, 6) is 29.4. The summed E-state index contributed by atoms with van der Waals surface area (Å²) in [4.78, 5) is 0. The van der Waals surface area contributed by atoms with Crippen molar-refractivity contribution in [2.45, 2.75) is 247 Å². The van der Waals surface area contributed by atoms with Gasteiger partial charge in [-0.2, -0.15) is 0 Å². The first-order valence-electron chi connectivity index (χ1n) is 37.2. The second-order valence-corrected chi connectivity index (χ2v) is 39.0. The summed E-state index contributed by atoms with van der Waals surface area (Å²) >= 11 is 0. The van der Waals surface area contributed by atoms with Gasteiger partial charge in [0.1, 0.15) is 12.2 Å². The molecule has 18 heteroatoms. The fraction of sp³-hybridized carbons (Fsp3) is 0.524. The zero-order valence-electron chi connectivity index (χ0n) is 63.9. The van der Waals surface area contributed by atoms with Gasteiger partial charge in [-0.1, -0.05) is 392 Å². The van der Waals surface area contributed by atoms with Crippen LogP contribution in [0.2, 0.25) is 0 Å². The summed E-state index contributed by atoms with van der Waals surface area (Å²) in [7, 11) is 20.4. The molecule has 0 N–H and O–H groups in total. The van der Waals surface area contributed by atoms with E-state index in [4.69, 9.17) is 27.1 Å². The largest absolute Gasteiger partial charge is 0.358 e. The number of unbranched alkanes of at least 4 members (excludes halogenated alkanes) is 4. The van der Waals surface area contributed by atoms with Gasteiger partial charge in [0.25, 0.3) is 0 Å². The van der Waals surface area contributed by atoms with Gasteiger partial charge in [-0.05, 0) is 123 Å². The van der Waals surface area contributed by atoms with Gasteiger partial charge in [0.05, 0.1) is 39.5 Å². The molecule has 2 aliphatic rings. The molecule has 0 aliphatic heterocycles. The molecule has 6 nitrogen and oxygen atoms in total. The molecule has 2 fully saturated rings. The van der Waals surface area contributed by atoms with Gasteiger partial charge in [0.2, 0.25) is 0 Å². The summed E-state index contributed by atoms with van der Waals surface area (Å²) in [6.07, 6.45) is 91.6. The standard InChI is InChI=1S/2C21H37O2P5.2C21H31OP/c2*1-4-6-17-21(23-28(25)26)20(22-27-24)18-15-13-11-9-7-8-10-12-14-16-19(3)5-2;2*1-3-5-15-19-18-20(19)16-13-11-9-7-6-8-10-12-14-17-21(4-2)22-23/h2*7,9,11,13-16,18-21,27H,4-6,8,17,24-26H2,1-3H3;2*6-7,9,11,13-14,16-17,19-21H,3-5,8,15,18,23H2,1-2H3/b9-7+,13-11+,16-14+,18-15+;;7-6-,11-9+,16-13+,17-14+;. The topological polar surface area (TPSA) is 55.4 Å². The lowest BCUT2D eigenvalue weighted by molar-refractivity contribution is 0.102. The van der Waals surface area contributed by atoms with Crippen molar-refractivity contribution in [1.29, 1.82) is 0 Å². The smallest absolute Gasteiger partial charge is 0.107 e. The molecule has 102 heavy (non-hydrogen) atoms. The SMILES string of the molecule is CCCCC(OP(P)P)C(/C=C/C=C/C=C/CC#C/C=C/C(C)CC)OPP.CCCCC(OP(P)P)C(C=CC=CC=CCC#CC=CC(C)CC)OPP.CCCCC1CC1/C=C/C=C/C=C\CC#C/C=C/C(CC)OP.CCCCC1CC1C=CC=CC=CCC#CC=CC(CC)OP. The van der Waals surface area contributed by atoms with E-state index in [9.17, 15) is 0 Å². The van der Waals surface area contributed by atoms with Crippen LogP contribution in [0.1, 0.15) is 210 Å².